The number of carbonyl (C=O) groups is 1. The summed E-state index contributed by atoms with van der Waals surface area (Å²) < 4.78 is 9.94. The summed E-state index contributed by atoms with van der Waals surface area (Å²) in [6, 6.07) is 6.43. The third-order valence-corrected chi connectivity index (χ3v) is 5.19. The lowest BCUT2D eigenvalue weighted by molar-refractivity contribution is -0.385. The van der Waals surface area contributed by atoms with Gasteiger partial charge in [0.2, 0.25) is 5.91 Å². The maximum atomic E-state index is 11.2. The van der Waals surface area contributed by atoms with Crippen molar-refractivity contribution < 1.29 is 24.1 Å². The Morgan fingerprint density at radius 1 is 0.871 bits per heavy atom. The van der Waals surface area contributed by atoms with Crippen LogP contribution in [0.2, 0.25) is 0 Å². The number of benzene rings is 2. The van der Waals surface area contributed by atoms with Gasteiger partial charge in [-0.05, 0) is 34.4 Å². The van der Waals surface area contributed by atoms with Crippen molar-refractivity contribution >= 4 is 17.3 Å². The number of amides is 1. The number of nitrogens with zero attached hydrogens (tertiary/aromatic N) is 3. The topological polar surface area (TPSA) is 137 Å². The van der Waals surface area contributed by atoms with E-state index in [0.717, 1.165) is 28.8 Å². The number of methoxy groups -OCH3 is 2. The molecule has 0 aromatic heterocycles. The Morgan fingerprint density at radius 3 is 1.74 bits per heavy atom. The molecule has 2 aromatic rings. The number of nitro benzene ring substituents is 2. The van der Waals surface area contributed by atoms with Gasteiger partial charge in [0.1, 0.15) is 0 Å². The summed E-state index contributed by atoms with van der Waals surface area (Å²) in [5.74, 6) is 0.527. The molecule has 2 aromatic carbocycles. The normalized spacial score (nSPS) is 13.6. The highest BCUT2D eigenvalue weighted by atomic mass is 16.6. The fourth-order valence-electron chi connectivity index (χ4n) is 3.56. The molecule has 0 atom stereocenters. The molecule has 0 bridgehead atoms. The van der Waals surface area contributed by atoms with Crippen LogP contribution in [0, 0.1) is 20.2 Å². The van der Waals surface area contributed by atoms with Crippen LogP contribution in [0.5, 0.6) is 11.5 Å². The van der Waals surface area contributed by atoms with Crippen LogP contribution in [-0.2, 0) is 31.0 Å². The zero-order valence-electron chi connectivity index (χ0n) is 17.3. The van der Waals surface area contributed by atoms with E-state index in [1.165, 1.54) is 27.2 Å². The van der Waals surface area contributed by atoms with E-state index in [1.807, 2.05) is 0 Å². The third kappa shape index (κ3) is 4.56. The molecule has 11 nitrogen and oxygen atoms in total. The van der Waals surface area contributed by atoms with Gasteiger partial charge >= 0.3 is 11.4 Å². The molecule has 2 heterocycles. The molecule has 4 rings (SSSR count). The Balaban J connectivity index is 0.000000179. The first kappa shape index (κ1) is 22.0. The Bertz CT molecular complexity index is 1050. The van der Waals surface area contributed by atoms with Crippen molar-refractivity contribution in [3.8, 4) is 11.5 Å². The largest absolute Gasteiger partial charge is 0.490 e. The van der Waals surface area contributed by atoms with Crippen LogP contribution >= 0.6 is 0 Å². The summed E-state index contributed by atoms with van der Waals surface area (Å²) in [6.07, 6.45) is 0. The molecule has 0 fully saturated rings. The summed E-state index contributed by atoms with van der Waals surface area (Å²) in [5, 5.41) is 24.7. The van der Waals surface area contributed by atoms with Crippen molar-refractivity contribution in [1.29, 1.82) is 0 Å². The minimum atomic E-state index is -0.477. The van der Waals surface area contributed by atoms with Crippen LogP contribution < -0.4 is 14.8 Å². The predicted molar refractivity (Wildman–Crippen MR) is 110 cm³/mol. The smallest absolute Gasteiger partial charge is 0.311 e. The average molecular weight is 430 g/mol. The van der Waals surface area contributed by atoms with Crippen LogP contribution in [0.15, 0.2) is 24.3 Å². The maximum Gasteiger partial charge on any atom is 0.311 e. The molecule has 1 N–H and O–H groups in total. The fraction of sp³-hybridized carbons (Fsp3) is 0.350. The maximum absolute atomic E-state index is 11.2. The minimum Gasteiger partial charge on any atom is -0.490 e. The molecule has 0 unspecified atom stereocenters. The molecule has 164 valence electrons. The van der Waals surface area contributed by atoms with Gasteiger partial charge in [-0.15, -0.1) is 0 Å². The monoisotopic (exact) mass is 430 g/mol. The summed E-state index contributed by atoms with van der Waals surface area (Å²) in [6.45, 7) is 3.84. The summed E-state index contributed by atoms with van der Waals surface area (Å²) in [5.41, 5.74) is 3.76. The molecule has 1 amide bonds. The van der Waals surface area contributed by atoms with Crippen molar-refractivity contribution in [1.82, 2.24) is 10.2 Å². The number of nitrogens with one attached hydrogen (secondary N) is 1. The van der Waals surface area contributed by atoms with Gasteiger partial charge in [0.25, 0.3) is 0 Å². The van der Waals surface area contributed by atoms with Crippen LogP contribution in [0.4, 0.5) is 11.4 Å². The van der Waals surface area contributed by atoms with Gasteiger partial charge in [0.05, 0.1) is 24.1 Å². The molecular formula is C20H22N4O7. The van der Waals surface area contributed by atoms with Crippen molar-refractivity contribution in [2.75, 3.05) is 14.2 Å². The van der Waals surface area contributed by atoms with E-state index < -0.39 is 9.85 Å². The van der Waals surface area contributed by atoms with E-state index in [-0.39, 0.29) is 23.0 Å². The molecule has 2 aliphatic rings. The number of hydrogen-bond donors (Lipinski definition) is 1. The number of ether oxygens (including phenoxy) is 2. The molecule has 2 aliphatic heterocycles. The lowest BCUT2D eigenvalue weighted by atomic mass is 10.1. The number of rotatable bonds is 4. The molecule has 0 saturated heterocycles. The Morgan fingerprint density at radius 2 is 1.29 bits per heavy atom. The van der Waals surface area contributed by atoms with E-state index in [0.29, 0.717) is 25.4 Å². The van der Waals surface area contributed by atoms with Gasteiger partial charge in [-0.25, -0.2) is 0 Å². The van der Waals surface area contributed by atoms with Gasteiger partial charge < -0.3 is 19.7 Å². The highest BCUT2D eigenvalue weighted by Gasteiger charge is 2.26. The lowest BCUT2D eigenvalue weighted by Crippen LogP contribution is -2.21. The van der Waals surface area contributed by atoms with Crippen LogP contribution in [0.3, 0.4) is 0 Å². The highest BCUT2D eigenvalue weighted by Crippen LogP contribution is 2.35. The van der Waals surface area contributed by atoms with Crippen molar-refractivity contribution in [2.24, 2.45) is 0 Å². The second kappa shape index (κ2) is 8.96. The van der Waals surface area contributed by atoms with Gasteiger partial charge in [0, 0.05) is 45.2 Å². The van der Waals surface area contributed by atoms with E-state index in [1.54, 1.807) is 23.1 Å². The molecule has 0 aliphatic carbocycles. The molecule has 31 heavy (non-hydrogen) atoms. The molecular weight excluding hydrogens is 408 g/mol. The van der Waals surface area contributed by atoms with Crippen molar-refractivity contribution in [3.63, 3.8) is 0 Å². The van der Waals surface area contributed by atoms with Crippen molar-refractivity contribution in [2.45, 2.75) is 33.1 Å². The summed E-state index contributed by atoms with van der Waals surface area (Å²) in [7, 11) is 2.84. The first-order chi connectivity index (χ1) is 14.7. The van der Waals surface area contributed by atoms with E-state index in [4.69, 9.17) is 9.47 Å². The van der Waals surface area contributed by atoms with Crippen LogP contribution in [0.25, 0.3) is 0 Å². The highest BCUT2D eigenvalue weighted by molar-refractivity contribution is 5.74. The summed E-state index contributed by atoms with van der Waals surface area (Å²) in [4.78, 5) is 33.5. The quantitative estimate of drug-likeness (QED) is 0.577. The SMILES string of the molecule is COc1cc2c(cc1[N+](=O)[O-])CN(C(C)=O)C2.COc1cc2c(cc1[N+](=O)[O-])CNC2. The van der Waals surface area contributed by atoms with Gasteiger partial charge in [0.15, 0.2) is 11.5 Å². The minimum absolute atomic E-state index is 0.0370. The van der Waals surface area contributed by atoms with E-state index in [9.17, 15) is 25.0 Å². The second-order valence-corrected chi connectivity index (χ2v) is 7.08. The zero-order chi connectivity index (χ0) is 22.7. The number of carbonyl (C=O) groups excluding carboxylic acids is 1. The molecule has 0 spiro atoms. The average Bonchev–Trinajstić information content (AvgIpc) is 3.37. The Kier molecular flexibility index (Phi) is 6.35. The third-order valence-electron chi connectivity index (χ3n) is 5.19. The molecule has 0 saturated carbocycles. The molecule has 11 heteroatoms. The van der Waals surface area contributed by atoms with Crippen LogP contribution in [-0.4, -0.2) is 34.9 Å². The Hall–Kier alpha value is -3.73. The zero-order valence-corrected chi connectivity index (χ0v) is 17.3. The lowest BCUT2D eigenvalue weighted by Gasteiger charge is -2.10. The van der Waals surface area contributed by atoms with Crippen LogP contribution in [0.1, 0.15) is 29.2 Å². The number of nitro groups is 2. The summed E-state index contributed by atoms with van der Waals surface area (Å²) >= 11 is 0. The van der Waals surface area contributed by atoms with Crippen molar-refractivity contribution in [3.05, 3.63) is 66.7 Å². The van der Waals surface area contributed by atoms with Gasteiger partial charge in [-0.2, -0.15) is 0 Å². The van der Waals surface area contributed by atoms with Gasteiger partial charge in [-0.1, -0.05) is 0 Å². The van der Waals surface area contributed by atoms with E-state index >= 15 is 0 Å². The van der Waals surface area contributed by atoms with E-state index in [2.05, 4.69) is 5.32 Å². The predicted octanol–water partition coefficient (Wildman–Crippen LogP) is 2.67. The Labute approximate surface area is 177 Å². The number of hydrogen-bond acceptors (Lipinski definition) is 8. The first-order valence-corrected chi connectivity index (χ1v) is 9.39. The number of fused-ring (bicyclic) bond motifs is 2. The standard InChI is InChI=1S/C11H12N2O4.C9H10N2O3/c1-7(14)12-5-8-3-10(13(15)16)11(17-2)4-9(8)6-12;1-14-9-3-7-5-10-4-6(7)2-8(9)11(12)13/h3-4H,5-6H2,1-2H3;2-3,10H,4-5H2,1H3. The first-order valence-electron chi connectivity index (χ1n) is 9.39. The second-order valence-electron chi connectivity index (χ2n) is 7.08. The molecule has 0 radical (unpaired) electrons. The van der Waals surface area contributed by atoms with Gasteiger partial charge in [-0.3, -0.25) is 25.0 Å². The fourth-order valence-corrected chi connectivity index (χ4v) is 3.56.